The van der Waals surface area contributed by atoms with Crippen molar-refractivity contribution in [3.8, 4) is 0 Å². The molecule has 156 valence electrons. The molecule has 0 aliphatic carbocycles. The van der Waals surface area contributed by atoms with Crippen LogP contribution in [0.4, 0.5) is 15.8 Å². The zero-order valence-electron chi connectivity index (χ0n) is 16.6. The molecule has 1 saturated heterocycles. The highest BCUT2D eigenvalue weighted by Gasteiger charge is 2.16. The van der Waals surface area contributed by atoms with E-state index < -0.39 is 11.9 Å². The van der Waals surface area contributed by atoms with E-state index >= 15 is 0 Å². The molecule has 0 bridgehead atoms. The van der Waals surface area contributed by atoms with Crippen LogP contribution in [0.2, 0.25) is 0 Å². The van der Waals surface area contributed by atoms with Crippen LogP contribution < -0.4 is 10.6 Å². The predicted molar refractivity (Wildman–Crippen MR) is 106 cm³/mol. The molecule has 8 heteroatoms. The number of carbonyl (C=O) groups excluding carboxylic acids is 2. The van der Waals surface area contributed by atoms with Gasteiger partial charge in [-0.3, -0.25) is 14.5 Å². The highest BCUT2D eigenvalue weighted by Crippen LogP contribution is 2.20. The number of hydrogen-bond acceptors (Lipinski definition) is 5. The zero-order chi connectivity index (χ0) is 20.4. The number of hydrogen-bond donors (Lipinski definition) is 2. The van der Waals surface area contributed by atoms with Gasteiger partial charge in [-0.05, 0) is 31.5 Å². The standard InChI is InChI=1S/C20H30FN3O4/c1-3-4-11-28-15(2)20(26)22-16-5-6-17(21)18(14-16)23-19(25)7-8-24-9-12-27-13-10-24/h5-6,14-15H,3-4,7-13H2,1-2H3,(H,22,26)(H,23,25). The fraction of sp³-hybridized carbons (Fsp3) is 0.600. The Hall–Kier alpha value is -2.03. The second kappa shape index (κ2) is 11.7. The summed E-state index contributed by atoms with van der Waals surface area (Å²) in [4.78, 5) is 26.5. The van der Waals surface area contributed by atoms with Crippen LogP contribution in [0, 0.1) is 5.82 Å². The molecule has 0 aromatic heterocycles. The van der Waals surface area contributed by atoms with Gasteiger partial charge >= 0.3 is 0 Å². The topological polar surface area (TPSA) is 79.9 Å². The molecular formula is C20H30FN3O4. The first-order chi connectivity index (χ1) is 13.5. The molecule has 28 heavy (non-hydrogen) atoms. The van der Waals surface area contributed by atoms with Gasteiger partial charge in [0.25, 0.3) is 5.91 Å². The van der Waals surface area contributed by atoms with E-state index in [1.807, 2.05) is 6.92 Å². The van der Waals surface area contributed by atoms with E-state index in [4.69, 9.17) is 9.47 Å². The summed E-state index contributed by atoms with van der Waals surface area (Å²) >= 11 is 0. The van der Waals surface area contributed by atoms with Gasteiger partial charge in [-0.25, -0.2) is 4.39 Å². The lowest BCUT2D eigenvalue weighted by atomic mass is 10.2. The third-order valence-corrected chi connectivity index (χ3v) is 4.50. The van der Waals surface area contributed by atoms with E-state index in [9.17, 15) is 14.0 Å². The number of nitrogens with one attached hydrogen (secondary N) is 2. The SMILES string of the molecule is CCCCOC(C)C(=O)Nc1ccc(F)c(NC(=O)CCN2CCOCC2)c1. The summed E-state index contributed by atoms with van der Waals surface area (Å²) in [5.41, 5.74) is 0.449. The van der Waals surface area contributed by atoms with Gasteiger partial charge in [0.1, 0.15) is 11.9 Å². The van der Waals surface area contributed by atoms with E-state index in [1.165, 1.54) is 18.2 Å². The van der Waals surface area contributed by atoms with Gasteiger partial charge in [0, 0.05) is 38.3 Å². The Morgan fingerprint density at radius 1 is 1.29 bits per heavy atom. The number of morpholine rings is 1. The van der Waals surface area contributed by atoms with Crippen LogP contribution in [0.5, 0.6) is 0 Å². The van der Waals surface area contributed by atoms with Crippen LogP contribution in [-0.2, 0) is 19.1 Å². The van der Waals surface area contributed by atoms with Gasteiger partial charge in [-0.2, -0.15) is 0 Å². The first-order valence-corrected chi connectivity index (χ1v) is 9.81. The molecule has 0 saturated carbocycles. The molecule has 1 aromatic carbocycles. The van der Waals surface area contributed by atoms with Crippen molar-refractivity contribution >= 4 is 23.2 Å². The summed E-state index contributed by atoms with van der Waals surface area (Å²) in [5.74, 6) is -1.14. The van der Waals surface area contributed by atoms with Crippen LogP contribution in [-0.4, -0.2) is 62.3 Å². The Kier molecular flexibility index (Phi) is 9.33. The molecule has 1 unspecified atom stereocenters. The summed E-state index contributed by atoms with van der Waals surface area (Å²) in [6, 6.07) is 4.09. The molecule has 1 heterocycles. The Morgan fingerprint density at radius 2 is 2.04 bits per heavy atom. The number of halogens is 1. The van der Waals surface area contributed by atoms with Crippen molar-refractivity contribution in [2.24, 2.45) is 0 Å². The Labute approximate surface area is 165 Å². The van der Waals surface area contributed by atoms with E-state index in [0.717, 1.165) is 25.9 Å². The Bertz CT molecular complexity index is 650. The molecule has 0 radical (unpaired) electrons. The summed E-state index contributed by atoms with van der Waals surface area (Å²) in [7, 11) is 0. The summed E-state index contributed by atoms with van der Waals surface area (Å²) in [5, 5.41) is 5.27. The number of unbranched alkanes of at least 4 members (excludes halogenated alkanes) is 1. The zero-order valence-corrected chi connectivity index (χ0v) is 16.6. The average molecular weight is 395 g/mol. The lowest BCUT2D eigenvalue weighted by Crippen LogP contribution is -2.38. The van der Waals surface area contributed by atoms with Gasteiger partial charge in [-0.1, -0.05) is 13.3 Å². The third-order valence-electron chi connectivity index (χ3n) is 4.50. The lowest BCUT2D eigenvalue weighted by Gasteiger charge is -2.26. The summed E-state index contributed by atoms with van der Waals surface area (Å²) in [6.45, 7) is 7.74. The molecular weight excluding hydrogens is 365 g/mol. The normalized spacial score (nSPS) is 15.8. The molecule has 1 aromatic rings. The quantitative estimate of drug-likeness (QED) is 0.596. The lowest BCUT2D eigenvalue weighted by molar-refractivity contribution is -0.126. The van der Waals surface area contributed by atoms with E-state index in [0.29, 0.717) is 32.1 Å². The molecule has 2 rings (SSSR count). The fourth-order valence-electron chi connectivity index (χ4n) is 2.72. The van der Waals surface area contributed by atoms with E-state index in [1.54, 1.807) is 6.92 Å². The monoisotopic (exact) mass is 395 g/mol. The highest BCUT2D eigenvalue weighted by molar-refractivity contribution is 5.96. The minimum Gasteiger partial charge on any atom is -0.379 e. The van der Waals surface area contributed by atoms with Gasteiger partial charge in [0.15, 0.2) is 0 Å². The van der Waals surface area contributed by atoms with Crippen molar-refractivity contribution in [2.75, 3.05) is 50.1 Å². The summed E-state index contributed by atoms with van der Waals surface area (Å²) in [6.07, 6.45) is 1.52. The fourth-order valence-corrected chi connectivity index (χ4v) is 2.72. The summed E-state index contributed by atoms with van der Waals surface area (Å²) < 4.78 is 24.8. The number of carbonyl (C=O) groups is 2. The first kappa shape index (κ1) is 22.3. The number of rotatable bonds is 10. The third kappa shape index (κ3) is 7.53. The van der Waals surface area contributed by atoms with E-state index in [-0.39, 0.29) is 23.9 Å². The number of nitrogens with zero attached hydrogens (tertiary/aromatic N) is 1. The number of anilines is 2. The van der Waals surface area contributed by atoms with Crippen molar-refractivity contribution in [2.45, 2.75) is 39.2 Å². The van der Waals surface area contributed by atoms with Gasteiger partial charge < -0.3 is 20.1 Å². The molecule has 7 nitrogen and oxygen atoms in total. The van der Waals surface area contributed by atoms with Crippen molar-refractivity contribution in [3.63, 3.8) is 0 Å². The van der Waals surface area contributed by atoms with Crippen LogP contribution in [0.3, 0.4) is 0 Å². The van der Waals surface area contributed by atoms with Gasteiger partial charge in [0.2, 0.25) is 5.91 Å². The number of benzene rings is 1. The van der Waals surface area contributed by atoms with Crippen molar-refractivity contribution in [1.29, 1.82) is 0 Å². The second-order valence-corrected chi connectivity index (χ2v) is 6.80. The minimum absolute atomic E-state index is 0.0457. The van der Waals surface area contributed by atoms with Crippen molar-refractivity contribution in [1.82, 2.24) is 4.90 Å². The van der Waals surface area contributed by atoms with Crippen LogP contribution in [0.15, 0.2) is 18.2 Å². The Balaban J connectivity index is 1.85. The van der Waals surface area contributed by atoms with Gasteiger partial charge in [-0.15, -0.1) is 0 Å². The molecule has 2 amide bonds. The molecule has 0 spiro atoms. The van der Waals surface area contributed by atoms with Gasteiger partial charge in [0.05, 0.1) is 18.9 Å². The molecule has 1 atom stereocenters. The van der Waals surface area contributed by atoms with Crippen molar-refractivity contribution < 1.29 is 23.5 Å². The first-order valence-electron chi connectivity index (χ1n) is 9.81. The smallest absolute Gasteiger partial charge is 0.253 e. The average Bonchev–Trinajstić information content (AvgIpc) is 2.70. The van der Waals surface area contributed by atoms with Crippen LogP contribution >= 0.6 is 0 Å². The number of ether oxygens (including phenoxy) is 2. The maximum Gasteiger partial charge on any atom is 0.253 e. The Morgan fingerprint density at radius 3 is 2.75 bits per heavy atom. The largest absolute Gasteiger partial charge is 0.379 e. The molecule has 2 N–H and O–H groups in total. The maximum atomic E-state index is 14.0. The van der Waals surface area contributed by atoms with E-state index in [2.05, 4.69) is 15.5 Å². The highest BCUT2D eigenvalue weighted by atomic mass is 19.1. The van der Waals surface area contributed by atoms with Crippen LogP contribution in [0.25, 0.3) is 0 Å². The maximum absolute atomic E-state index is 14.0. The predicted octanol–water partition coefficient (Wildman–Crippen LogP) is 2.63. The van der Waals surface area contributed by atoms with Crippen molar-refractivity contribution in [3.05, 3.63) is 24.0 Å². The second-order valence-electron chi connectivity index (χ2n) is 6.80. The molecule has 1 aliphatic heterocycles. The molecule has 1 aliphatic rings. The van der Waals surface area contributed by atoms with Crippen LogP contribution in [0.1, 0.15) is 33.1 Å². The minimum atomic E-state index is -0.608. The molecule has 1 fully saturated rings. The number of amides is 2.